The summed E-state index contributed by atoms with van der Waals surface area (Å²) >= 11 is 0. The third kappa shape index (κ3) is 12.9. The topological polar surface area (TPSA) is 164 Å². The molecule has 0 bridgehead atoms. The summed E-state index contributed by atoms with van der Waals surface area (Å²) in [5.41, 5.74) is 5.76. The Balaban J connectivity index is 1.17. The minimum Gasteiger partial charge on any atom is -0.491 e. The van der Waals surface area contributed by atoms with E-state index in [9.17, 15) is 29.4 Å². The molecule has 322 valence electrons. The summed E-state index contributed by atoms with van der Waals surface area (Å²) in [6.45, 7) is 6.68. The highest BCUT2D eigenvalue weighted by atomic mass is 16.6. The van der Waals surface area contributed by atoms with Crippen LogP contribution in [-0.4, -0.2) is 85.9 Å². The molecule has 0 spiro atoms. The molecule has 0 fully saturated rings. The molecule has 0 radical (unpaired) electrons. The van der Waals surface area contributed by atoms with Gasteiger partial charge in [-0.1, -0.05) is 86.0 Å². The summed E-state index contributed by atoms with van der Waals surface area (Å²) < 4.78 is 32.1. The maximum atomic E-state index is 12.2. The largest absolute Gasteiger partial charge is 0.491 e. The molecule has 1 aliphatic carbocycles. The van der Waals surface area contributed by atoms with Crippen molar-refractivity contribution in [2.75, 3.05) is 39.6 Å². The van der Waals surface area contributed by atoms with Crippen LogP contribution in [0.5, 0.6) is 11.5 Å². The van der Waals surface area contributed by atoms with Gasteiger partial charge in [0.2, 0.25) is 0 Å². The standard InChI is InChI=1S/C49H54O12/c1-3-45(52)56-29-13-5-7-19-47(54)60-33-37(50)31-58-39-25-21-35(22-26-39)49(43-17-11-9-15-41(43)42-16-10-12-18-44(42)49)36-23-27-40(28-24-36)59-32-38(51)34-61-48(55)20-8-6-14-30-57-46(53)4-2/h3-4,9-12,15-18,21-28,37-38,50-51H,1-2,5-8,13-14,19-20,29-34H2. The van der Waals surface area contributed by atoms with Gasteiger partial charge in [-0.05, 0) is 96.2 Å². The highest BCUT2D eigenvalue weighted by molar-refractivity contribution is 5.86. The Hall–Kier alpha value is -6.24. The van der Waals surface area contributed by atoms with Crippen LogP contribution in [0.2, 0.25) is 0 Å². The summed E-state index contributed by atoms with van der Waals surface area (Å²) in [7, 11) is 0. The zero-order valence-corrected chi connectivity index (χ0v) is 34.3. The number of carbonyl (C=O) groups is 4. The molecule has 12 heteroatoms. The van der Waals surface area contributed by atoms with Crippen LogP contribution < -0.4 is 9.47 Å². The maximum absolute atomic E-state index is 12.2. The van der Waals surface area contributed by atoms with Crippen molar-refractivity contribution in [1.29, 1.82) is 0 Å². The average molecular weight is 835 g/mol. The predicted octanol–water partition coefficient (Wildman–Crippen LogP) is 7.19. The molecule has 2 unspecified atom stereocenters. The van der Waals surface area contributed by atoms with Gasteiger partial charge in [-0.25, -0.2) is 9.59 Å². The first-order chi connectivity index (χ1) is 29.6. The van der Waals surface area contributed by atoms with E-state index in [0.29, 0.717) is 50.0 Å². The fourth-order valence-electron chi connectivity index (χ4n) is 7.19. The van der Waals surface area contributed by atoms with Gasteiger partial charge in [0.25, 0.3) is 0 Å². The van der Waals surface area contributed by atoms with Gasteiger partial charge in [-0.2, -0.15) is 0 Å². The Morgan fingerprint density at radius 2 is 0.902 bits per heavy atom. The second-order valence-corrected chi connectivity index (χ2v) is 14.6. The SMILES string of the molecule is C=CC(=O)OCCCCCC(=O)OCC(O)COc1ccc(C2(c3ccc(OCC(O)COC(=O)CCCCCOC(=O)C=C)cc3)c3ccccc3-c3ccccc32)cc1. The summed E-state index contributed by atoms with van der Waals surface area (Å²) in [6.07, 6.45) is 4.34. The van der Waals surface area contributed by atoms with Crippen LogP contribution in [-0.2, 0) is 43.5 Å². The lowest BCUT2D eigenvalue weighted by atomic mass is 9.68. The van der Waals surface area contributed by atoms with E-state index >= 15 is 0 Å². The maximum Gasteiger partial charge on any atom is 0.330 e. The van der Waals surface area contributed by atoms with Crippen molar-refractivity contribution in [3.05, 3.63) is 145 Å². The first kappa shape index (κ1) is 45.8. The number of ether oxygens (including phenoxy) is 6. The molecular formula is C49H54O12. The summed E-state index contributed by atoms with van der Waals surface area (Å²) in [5.74, 6) is -0.709. The number of aliphatic hydroxyl groups is 2. The normalized spacial score (nSPS) is 13.1. The Morgan fingerprint density at radius 1 is 0.508 bits per heavy atom. The smallest absolute Gasteiger partial charge is 0.330 e. The molecule has 0 heterocycles. The zero-order valence-electron chi connectivity index (χ0n) is 34.3. The van der Waals surface area contributed by atoms with E-state index < -0.39 is 41.5 Å². The van der Waals surface area contributed by atoms with Crippen molar-refractivity contribution in [3.8, 4) is 22.6 Å². The highest BCUT2D eigenvalue weighted by Gasteiger charge is 2.45. The van der Waals surface area contributed by atoms with E-state index in [2.05, 4.69) is 37.4 Å². The lowest BCUT2D eigenvalue weighted by Crippen LogP contribution is -2.28. The Kier molecular flexibility index (Phi) is 17.7. The number of hydrogen-bond donors (Lipinski definition) is 2. The number of benzene rings is 4. The van der Waals surface area contributed by atoms with E-state index in [1.807, 2.05) is 72.8 Å². The van der Waals surface area contributed by atoms with E-state index in [-0.39, 0.29) is 52.5 Å². The third-order valence-corrected chi connectivity index (χ3v) is 10.2. The van der Waals surface area contributed by atoms with Crippen molar-refractivity contribution < 1.29 is 57.8 Å². The summed E-state index contributed by atoms with van der Waals surface area (Å²) in [6, 6.07) is 32.2. The molecule has 2 atom stereocenters. The molecule has 1 aliphatic rings. The molecule has 0 amide bonds. The number of unbranched alkanes of at least 4 members (excludes halogenated alkanes) is 4. The molecule has 61 heavy (non-hydrogen) atoms. The Morgan fingerprint density at radius 3 is 1.30 bits per heavy atom. The summed E-state index contributed by atoms with van der Waals surface area (Å²) in [5, 5.41) is 21.0. The monoisotopic (exact) mass is 834 g/mol. The van der Waals surface area contributed by atoms with E-state index in [4.69, 9.17) is 28.4 Å². The molecule has 0 saturated carbocycles. The minimum absolute atomic E-state index is 0.0747. The lowest BCUT2D eigenvalue weighted by molar-refractivity contribution is -0.148. The minimum atomic E-state index is -1.02. The predicted molar refractivity (Wildman–Crippen MR) is 228 cm³/mol. The molecule has 12 nitrogen and oxygen atoms in total. The Labute approximate surface area is 356 Å². The van der Waals surface area contributed by atoms with Gasteiger partial charge in [0.15, 0.2) is 0 Å². The van der Waals surface area contributed by atoms with Crippen molar-refractivity contribution >= 4 is 23.9 Å². The molecular weight excluding hydrogens is 781 g/mol. The van der Waals surface area contributed by atoms with Gasteiger partial charge < -0.3 is 38.6 Å². The molecule has 5 rings (SSSR count). The van der Waals surface area contributed by atoms with Gasteiger partial charge in [-0.3, -0.25) is 9.59 Å². The number of aliphatic hydroxyl groups excluding tert-OH is 2. The van der Waals surface area contributed by atoms with Crippen molar-refractivity contribution in [2.24, 2.45) is 0 Å². The highest BCUT2D eigenvalue weighted by Crippen LogP contribution is 2.56. The van der Waals surface area contributed by atoms with Crippen LogP contribution in [0.15, 0.2) is 122 Å². The number of rotatable bonds is 26. The van der Waals surface area contributed by atoms with Gasteiger partial charge in [0.05, 0.1) is 18.6 Å². The van der Waals surface area contributed by atoms with Crippen LogP contribution in [0.3, 0.4) is 0 Å². The molecule has 4 aromatic rings. The lowest BCUT2D eigenvalue weighted by Gasteiger charge is -2.34. The van der Waals surface area contributed by atoms with Crippen molar-refractivity contribution in [3.63, 3.8) is 0 Å². The second kappa shape index (κ2) is 23.5. The molecule has 0 aliphatic heterocycles. The van der Waals surface area contributed by atoms with E-state index in [1.165, 1.54) is 0 Å². The van der Waals surface area contributed by atoms with E-state index in [0.717, 1.165) is 45.5 Å². The van der Waals surface area contributed by atoms with Crippen molar-refractivity contribution in [2.45, 2.75) is 69.0 Å². The Bertz CT molecular complexity index is 1920. The first-order valence-corrected chi connectivity index (χ1v) is 20.6. The number of carbonyl (C=O) groups excluding carboxylic acids is 4. The van der Waals surface area contributed by atoms with Gasteiger partial charge in [-0.15, -0.1) is 0 Å². The van der Waals surface area contributed by atoms with Crippen LogP contribution >= 0.6 is 0 Å². The number of fused-ring (bicyclic) bond motifs is 3. The average Bonchev–Trinajstić information content (AvgIpc) is 3.59. The van der Waals surface area contributed by atoms with Crippen LogP contribution in [0.1, 0.15) is 73.6 Å². The van der Waals surface area contributed by atoms with Crippen LogP contribution in [0.4, 0.5) is 0 Å². The third-order valence-electron chi connectivity index (χ3n) is 10.2. The second-order valence-electron chi connectivity index (χ2n) is 14.6. The number of esters is 4. The molecule has 2 N–H and O–H groups in total. The molecule has 4 aromatic carbocycles. The van der Waals surface area contributed by atoms with Crippen molar-refractivity contribution in [1.82, 2.24) is 0 Å². The fourth-order valence-corrected chi connectivity index (χ4v) is 7.19. The van der Waals surface area contributed by atoms with Gasteiger partial charge in [0.1, 0.15) is 50.1 Å². The quantitative estimate of drug-likeness (QED) is 0.0250. The van der Waals surface area contributed by atoms with Gasteiger partial charge in [0, 0.05) is 25.0 Å². The summed E-state index contributed by atoms with van der Waals surface area (Å²) in [4.78, 5) is 46.5. The number of hydrogen-bond acceptors (Lipinski definition) is 12. The molecule has 0 saturated heterocycles. The zero-order chi connectivity index (χ0) is 43.5. The van der Waals surface area contributed by atoms with E-state index in [1.54, 1.807) is 0 Å². The first-order valence-electron chi connectivity index (χ1n) is 20.6. The van der Waals surface area contributed by atoms with Crippen LogP contribution in [0, 0.1) is 0 Å². The fraction of sp³-hybridized carbons (Fsp3) is 0.347. The van der Waals surface area contributed by atoms with Gasteiger partial charge >= 0.3 is 23.9 Å². The van der Waals surface area contributed by atoms with Crippen LogP contribution in [0.25, 0.3) is 11.1 Å². The molecule has 0 aromatic heterocycles.